The van der Waals surface area contributed by atoms with Crippen LogP contribution in [0.2, 0.25) is 0 Å². The van der Waals surface area contributed by atoms with Crippen LogP contribution in [0.3, 0.4) is 0 Å². The molecule has 0 radical (unpaired) electrons. The summed E-state index contributed by atoms with van der Waals surface area (Å²) in [6.45, 7) is 1.15. The Morgan fingerprint density at radius 2 is 2.09 bits per heavy atom. The molecular weight excluding hydrogens is 288 g/mol. The van der Waals surface area contributed by atoms with Crippen molar-refractivity contribution >= 4 is 11.4 Å². The third-order valence-electron chi connectivity index (χ3n) is 6.39. The van der Waals surface area contributed by atoms with Gasteiger partial charge in [-0.25, -0.2) is 5.12 Å². The number of anilines is 2. The molecule has 1 atom stereocenters. The van der Waals surface area contributed by atoms with E-state index in [0.29, 0.717) is 5.92 Å². The minimum absolute atomic E-state index is 0.187. The van der Waals surface area contributed by atoms with Crippen LogP contribution in [0.5, 0.6) is 0 Å². The van der Waals surface area contributed by atoms with Crippen LogP contribution in [0.15, 0.2) is 18.2 Å². The first-order valence-electron chi connectivity index (χ1n) is 9.09. The van der Waals surface area contributed by atoms with Gasteiger partial charge in [0.1, 0.15) is 0 Å². The summed E-state index contributed by atoms with van der Waals surface area (Å²) < 4.78 is 0. The first kappa shape index (κ1) is 14.1. The van der Waals surface area contributed by atoms with Crippen molar-refractivity contribution < 1.29 is 4.84 Å². The second-order valence-corrected chi connectivity index (χ2v) is 7.79. The van der Waals surface area contributed by atoms with Crippen LogP contribution in [0.4, 0.5) is 11.4 Å². The van der Waals surface area contributed by atoms with Crippen molar-refractivity contribution in [2.75, 3.05) is 23.6 Å². The van der Waals surface area contributed by atoms with Gasteiger partial charge >= 0.3 is 0 Å². The van der Waals surface area contributed by atoms with Crippen molar-refractivity contribution in [1.29, 1.82) is 0 Å². The lowest BCUT2D eigenvalue weighted by Crippen LogP contribution is -2.57. The Kier molecular flexibility index (Phi) is 3.12. The smallest absolute Gasteiger partial charge is 0.163 e. The molecule has 4 fully saturated rings. The maximum absolute atomic E-state index is 6.10. The number of hydrazine groups is 2. The Balaban J connectivity index is 1.39. The van der Waals surface area contributed by atoms with Gasteiger partial charge in [-0.15, -0.1) is 0 Å². The Morgan fingerprint density at radius 3 is 2.87 bits per heavy atom. The van der Waals surface area contributed by atoms with E-state index in [4.69, 9.17) is 4.84 Å². The maximum atomic E-state index is 6.10. The van der Waals surface area contributed by atoms with Crippen molar-refractivity contribution in [3.05, 3.63) is 23.8 Å². The summed E-state index contributed by atoms with van der Waals surface area (Å²) in [6, 6.07) is 6.73. The van der Waals surface area contributed by atoms with Crippen LogP contribution in [0.1, 0.15) is 44.1 Å². The van der Waals surface area contributed by atoms with E-state index in [-0.39, 0.29) is 5.72 Å². The topological polar surface area (TPSA) is 39.8 Å². The highest BCUT2D eigenvalue weighted by molar-refractivity contribution is 5.62. The fraction of sp³-hybridized carbons (Fsp3) is 0.667. The lowest BCUT2D eigenvalue weighted by Gasteiger charge is -2.47. The maximum Gasteiger partial charge on any atom is 0.163 e. The predicted octanol–water partition coefficient (Wildman–Crippen LogP) is 2.74. The van der Waals surface area contributed by atoms with Crippen molar-refractivity contribution in [1.82, 2.24) is 11.0 Å². The number of aryl methyl sites for hydroxylation is 1. The van der Waals surface area contributed by atoms with E-state index in [1.54, 1.807) is 0 Å². The van der Waals surface area contributed by atoms with Gasteiger partial charge in [-0.05, 0) is 74.6 Å². The average Bonchev–Trinajstić information content (AvgIpc) is 2.99. The van der Waals surface area contributed by atoms with Crippen LogP contribution < -0.4 is 21.0 Å². The van der Waals surface area contributed by atoms with Gasteiger partial charge in [0.25, 0.3) is 0 Å². The summed E-state index contributed by atoms with van der Waals surface area (Å²) in [7, 11) is 2.18. The van der Waals surface area contributed by atoms with Gasteiger partial charge in [-0.1, -0.05) is 5.59 Å². The van der Waals surface area contributed by atoms with Gasteiger partial charge in [0.2, 0.25) is 0 Å². The molecule has 3 saturated carbocycles. The highest BCUT2D eigenvalue weighted by Crippen LogP contribution is 2.49. The molecule has 1 spiro atoms. The number of rotatable bonds is 1. The van der Waals surface area contributed by atoms with Gasteiger partial charge < -0.3 is 4.90 Å². The summed E-state index contributed by atoms with van der Waals surface area (Å²) >= 11 is 0. The van der Waals surface area contributed by atoms with Crippen LogP contribution in [0, 0.1) is 11.8 Å². The van der Waals surface area contributed by atoms with Crippen molar-refractivity contribution in [3.63, 3.8) is 0 Å². The predicted molar refractivity (Wildman–Crippen MR) is 90.7 cm³/mol. The van der Waals surface area contributed by atoms with Crippen LogP contribution >= 0.6 is 0 Å². The van der Waals surface area contributed by atoms with Gasteiger partial charge in [0.05, 0.1) is 5.69 Å². The normalized spacial score (nSPS) is 35.9. The molecule has 6 rings (SSSR count). The van der Waals surface area contributed by atoms with Gasteiger partial charge in [0.15, 0.2) is 5.72 Å². The molecule has 1 aromatic rings. The lowest BCUT2D eigenvalue weighted by molar-refractivity contribution is -0.153. The molecule has 2 heterocycles. The summed E-state index contributed by atoms with van der Waals surface area (Å²) in [6.07, 6.45) is 8.88. The van der Waals surface area contributed by atoms with Gasteiger partial charge in [-0.3, -0.25) is 4.84 Å². The molecule has 0 amide bonds. The highest BCUT2D eigenvalue weighted by Gasteiger charge is 2.53. The molecule has 124 valence electrons. The number of nitrogens with zero attached hydrogens (tertiary/aromatic N) is 2. The van der Waals surface area contributed by atoms with E-state index in [9.17, 15) is 0 Å². The number of hydrogen-bond acceptors (Lipinski definition) is 5. The fourth-order valence-electron chi connectivity index (χ4n) is 5.08. The van der Waals surface area contributed by atoms with Gasteiger partial charge in [0, 0.05) is 25.2 Å². The van der Waals surface area contributed by atoms with Crippen molar-refractivity contribution in [2.24, 2.45) is 11.8 Å². The Bertz CT molecular complexity index is 613. The van der Waals surface area contributed by atoms with Crippen molar-refractivity contribution in [3.8, 4) is 0 Å². The molecule has 1 unspecified atom stereocenters. The zero-order chi connectivity index (χ0) is 15.4. The lowest BCUT2D eigenvalue weighted by atomic mass is 9.66. The fourth-order valence-corrected chi connectivity index (χ4v) is 5.08. The van der Waals surface area contributed by atoms with Crippen molar-refractivity contribution in [2.45, 2.75) is 50.7 Å². The minimum Gasteiger partial charge on any atom is -0.374 e. The first-order valence-corrected chi connectivity index (χ1v) is 9.09. The molecular formula is C18H26N4O. The van der Waals surface area contributed by atoms with E-state index in [2.05, 4.69) is 41.2 Å². The molecule has 2 aliphatic heterocycles. The zero-order valence-corrected chi connectivity index (χ0v) is 13.8. The van der Waals surface area contributed by atoms with Crippen LogP contribution in [0.25, 0.3) is 0 Å². The van der Waals surface area contributed by atoms with E-state index in [1.807, 2.05) is 5.12 Å². The number of hydrogen-bond donors (Lipinski definition) is 2. The summed E-state index contributed by atoms with van der Waals surface area (Å²) in [5, 5.41) is 2.00. The monoisotopic (exact) mass is 314 g/mol. The zero-order valence-electron chi connectivity index (χ0n) is 13.8. The quantitative estimate of drug-likeness (QED) is 0.834. The molecule has 2 N–H and O–H groups in total. The summed E-state index contributed by atoms with van der Waals surface area (Å²) in [5.41, 5.74) is 10.6. The molecule has 0 aromatic heterocycles. The molecule has 2 bridgehead atoms. The minimum atomic E-state index is -0.187. The number of nitrogens with one attached hydrogen (secondary N) is 2. The molecule has 1 saturated heterocycles. The summed E-state index contributed by atoms with van der Waals surface area (Å²) in [5.74, 6) is 1.46. The Hall–Kier alpha value is -1.30. The molecule has 5 nitrogen and oxygen atoms in total. The summed E-state index contributed by atoms with van der Waals surface area (Å²) in [4.78, 5) is 8.45. The Labute approximate surface area is 137 Å². The number of fused-ring (bicyclic) bond motifs is 3. The molecule has 1 aromatic carbocycles. The third kappa shape index (κ3) is 2.17. The van der Waals surface area contributed by atoms with Crippen LogP contribution in [-0.4, -0.2) is 19.3 Å². The van der Waals surface area contributed by atoms with E-state index in [1.165, 1.54) is 43.4 Å². The molecule has 5 heteroatoms. The average molecular weight is 314 g/mol. The SMILES string of the molecule is CN1CCCc2cc(N3NOC4(CC5CCC4CC5)N3)ccc21. The standard InChI is InChI=1S/C18H26N4O/c1-21-10-2-3-14-11-16(8-9-17(14)21)22-19-18(23-20-22)12-13-4-6-15(18)7-5-13/h8-9,11,13,15,19-20H,2-7,10,12H2,1H3. The largest absolute Gasteiger partial charge is 0.374 e. The first-order chi connectivity index (χ1) is 11.2. The molecule has 23 heavy (non-hydrogen) atoms. The second-order valence-electron chi connectivity index (χ2n) is 7.79. The van der Waals surface area contributed by atoms with E-state index < -0.39 is 0 Å². The Morgan fingerprint density at radius 1 is 1.22 bits per heavy atom. The second kappa shape index (κ2) is 5.10. The molecule has 5 aliphatic rings. The van der Waals surface area contributed by atoms with E-state index in [0.717, 1.165) is 31.0 Å². The van der Waals surface area contributed by atoms with Gasteiger partial charge in [-0.2, -0.15) is 5.43 Å². The van der Waals surface area contributed by atoms with Crippen LogP contribution in [-0.2, 0) is 11.3 Å². The van der Waals surface area contributed by atoms with E-state index >= 15 is 0 Å². The third-order valence-corrected chi connectivity index (χ3v) is 6.39. The molecule has 3 aliphatic carbocycles. The highest BCUT2D eigenvalue weighted by atomic mass is 16.7. The number of benzene rings is 1.